The minimum atomic E-state index is -0.880. The number of fused-ring (bicyclic) bond motifs is 3. The van der Waals surface area contributed by atoms with Gasteiger partial charge in [-0.2, -0.15) is 0 Å². The summed E-state index contributed by atoms with van der Waals surface area (Å²) in [6.07, 6.45) is 3.25. The average Bonchev–Trinajstić information content (AvgIpc) is 3.30. The van der Waals surface area contributed by atoms with E-state index in [2.05, 4.69) is 0 Å². The van der Waals surface area contributed by atoms with Crippen molar-refractivity contribution in [1.82, 2.24) is 0 Å². The lowest BCUT2D eigenvalue weighted by molar-refractivity contribution is -0.125. The van der Waals surface area contributed by atoms with Crippen LogP contribution >= 0.6 is 0 Å². The molecule has 1 heterocycles. The first kappa shape index (κ1) is 25.1. The Morgan fingerprint density at radius 2 is 1.91 bits per heavy atom. The van der Waals surface area contributed by atoms with Crippen LogP contribution in [0.1, 0.15) is 57.1 Å². The lowest BCUT2D eigenvalue weighted by atomic mass is 9.86. The van der Waals surface area contributed by atoms with Crippen LogP contribution in [-0.4, -0.2) is 45.7 Å². The van der Waals surface area contributed by atoms with Crippen molar-refractivity contribution in [3.63, 3.8) is 0 Å². The fraction of sp³-hybridized carbons (Fsp3) is 0.448. The molecule has 5 atom stereocenters. The number of rotatable bonds is 10. The van der Waals surface area contributed by atoms with Gasteiger partial charge >= 0.3 is 0 Å². The number of ether oxygens (including phenoxy) is 2. The molecule has 2 aromatic rings. The zero-order chi connectivity index (χ0) is 25.2. The molecule has 2 aliphatic rings. The predicted molar refractivity (Wildman–Crippen MR) is 133 cm³/mol. The molecule has 0 amide bonds. The third-order valence-electron chi connectivity index (χ3n) is 6.96. The van der Waals surface area contributed by atoms with Crippen molar-refractivity contribution in [2.45, 2.75) is 76.3 Å². The Hall–Kier alpha value is -2.96. The van der Waals surface area contributed by atoms with E-state index in [-0.39, 0.29) is 35.9 Å². The average molecular weight is 479 g/mol. The fourth-order valence-electron chi connectivity index (χ4n) is 5.12. The van der Waals surface area contributed by atoms with E-state index in [4.69, 9.17) is 9.47 Å². The SMILES string of the molecule is CC(=O)CC(=O)CCc1cccc2c1O[C@H]1C[C@@H](O)[C@H](/C=C/[C@@H](O)C(C)(C)Oc3ccccc3)[C@@H]21. The van der Waals surface area contributed by atoms with Gasteiger partial charge in [-0.05, 0) is 44.9 Å². The third kappa shape index (κ3) is 5.65. The normalized spacial score (nSPS) is 24.0. The van der Waals surface area contributed by atoms with Gasteiger partial charge < -0.3 is 19.7 Å². The summed E-state index contributed by atoms with van der Waals surface area (Å²) in [5.74, 6) is 1.03. The zero-order valence-electron chi connectivity index (χ0n) is 20.5. The summed E-state index contributed by atoms with van der Waals surface area (Å²) in [4.78, 5) is 23.2. The summed E-state index contributed by atoms with van der Waals surface area (Å²) in [5, 5.41) is 21.6. The molecule has 2 N–H and O–H groups in total. The number of ketones is 2. The van der Waals surface area contributed by atoms with Crippen LogP contribution in [0.25, 0.3) is 0 Å². The monoisotopic (exact) mass is 478 g/mol. The van der Waals surface area contributed by atoms with Gasteiger partial charge in [-0.25, -0.2) is 0 Å². The second-order valence-corrected chi connectivity index (χ2v) is 10.2. The number of aliphatic hydroxyl groups excluding tert-OH is 2. The van der Waals surface area contributed by atoms with Gasteiger partial charge in [-0.15, -0.1) is 0 Å². The fourth-order valence-corrected chi connectivity index (χ4v) is 5.12. The maximum atomic E-state index is 12.0. The molecule has 1 aliphatic heterocycles. The maximum absolute atomic E-state index is 12.0. The topological polar surface area (TPSA) is 93.1 Å². The highest BCUT2D eigenvalue weighted by molar-refractivity contribution is 5.97. The van der Waals surface area contributed by atoms with Crippen molar-refractivity contribution in [3.8, 4) is 11.5 Å². The van der Waals surface area contributed by atoms with Crippen molar-refractivity contribution < 1.29 is 29.3 Å². The summed E-state index contributed by atoms with van der Waals surface area (Å²) in [5.41, 5.74) is 1.11. The highest BCUT2D eigenvalue weighted by Crippen LogP contribution is 2.52. The standard InChI is InChI=1S/C29H34O6/c1-18(30)16-20(31)13-12-19-8-7-11-23-27-22(24(32)17-25(27)34-28(19)23)14-15-26(33)29(2,3)35-21-9-5-4-6-10-21/h4-11,14-15,22,24-27,32-33H,12-13,16-17H2,1-3H3/b15-14+/t22-,24+,25-,26+,27-/m0/s1. The van der Waals surface area contributed by atoms with E-state index < -0.39 is 17.8 Å². The van der Waals surface area contributed by atoms with E-state index in [1.165, 1.54) is 6.92 Å². The van der Waals surface area contributed by atoms with Gasteiger partial charge in [0, 0.05) is 30.2 Å². The minimum Gasteiger partial charge on any atom is -0.489 e. The van der Waals surface area contributed by atoms with Crippen molar-refractivity contribution in [3.05, 3.63) is 71.8 Å². The second-order valence-electron chi connectivity index (χ2n) is 10.2. The van der Waals surface area contributed by atoms with Gasteiger partial charge in [0.15, 0.2) is 0 Å². The molecule has 2 aromatic carbocycles. The molecule has 1 aliphatic carbocycles. The molecule has 1 fully saturated rings. The van der Waals surface area contributed by atoms with Crippen molar-refractivity contribution in [2.24, 2.45) is 5.92 Å². The summed E-state index contributed by atoms with van der Waals surface area (Å²) in [6, 6.07) is 15.3. The Labute approximate surface area is 206 Å². The van der Waals surface area contributed by atoms with Gasteiger partial charge in [-0.1, -0.05) is 48.6 Å². The van der Waals surface area contributed by atoms with Crippen LogP contribution in [0.2, 0.25) is 0 Å². The largest absolute Gasteiger partial charge is 0.489 e. The first-order valence-electron chi connectivity index (χ1n) is 12.2. The summed E-state index contributed by atoms with van der Waals surface area (Å²) >= 11 is 0. The Kier molecular flexibility index (Phi) is 7.43. The Morgan fingerprint density at radius 1 is 1.17 bits per heavy atom. The Morgan fingerprint density at radius 3 is 2.63 bits per heavy atom. The smallest absolute Gasteiger partial charge is 0.140 e. The van der Waals surface area contributed by atoms with Crippen molar-refractivity contribution in [1.29, 1.82) is 0 Å². The van der Waals surface area contributed by atoms with Crippen LogP contribution in [0.3, 0.4) is 0 Å². The molecule has 0 radical (unpaired) electrons. The van der Waals surface area contributed by atoms with Gasteiger partial charge in [0.05, 0.1) is 12.5 Å². The lowest BCUT2D eigenvalue weighted by Gasteiger charge is -2.30. The summed E-state index contributed by atoms with van der Waals surface area (Å²) in [7, 11) is 0. The van der Waals surface area contributed by atoms with E-state index in [1.54, 1.807) is 6.08 Å². The number of Topliss-reactive ketones (excluding diaryl/α,β-unsaturated/α-hetero) is 2. The van der Waals surface area contributed by atoms with Crippen LogP contribution in [0.15, 0.2) is 60.7 Å². The molecule has 0 bridgehead atoms. The summed E-state index contributed by atoms with van der Waals surface area (Å²) in [6.45, 7) is 5.08. The predicted octanol–water partition coefficient (Wildman–Crippen LogP) is 4.17. The number of hydrogen-bond donors (Lipinski definition) is 2. The number of carbonyl (C=O) groups is 2. The quantitative estimate of drug-likeness (QED) is 0.393. The minimum absolute atomic E-state index is 0.0329. The molecule has 0 saturated heterocycles. The molecule has 1 saturated carbocycles. The molecule has 0 spiro atoms. The Bertz CT molecular complexity index is 1090. The van der Waals surface area contributed by atoms with E-state index in [1.807, 2.05) is 68.5 Å². The van der Waals surface area contributed by atoms with E-state index in [0.717, 1.165) is 16.9 Å². The van der Waals surface area contributed by atoms with E-state index >= 15 is 0 Å². The zero-order valence-corrected chi connectivity index (χ0v) is 20.5. The molecule has 4 rings (SSSR count). The van der Waals surface area contributed by atoms with E-state index in [9.17, 15) is 19.8 Å². The highest BCUT2D eigenvalue weighted by Gasteiger charge is 2.49. The number of aliphatic hydroxyl groups is 2. The van der Waals surface area contributed by atoms with Gasteiger partial charge in [0.1, 0.15) is 40.9 Å². The highest BCUT2D eigenvalue weighted by atomic mass is 16.5. The molecule has 186 valence electrons. The first-order valence-corrected chi connectivity index (χ1v) is 12.2. The number of para-hydroxylation sites is 2. The second kappa shape index (κ2) is 10.3. The number of benzene rings is 2. The van der Waals surface area contributed by atoms with Gasteiger partial charge in [0.25, 0.3) is 0 Å². The van der Waals surface area contributed by atoms with Gasteiger partial charge in [0.2, 0.25) is 0 Å². The van der Waals surface area contributed by atoms with Crippen molar-refractivity contribution in [2.75, 3.05) is 0 Å². The summed E-state index contributed by atoms with van der Waals surface area (Å²) < 4.78 is 12.3. The molecular weight excluding hydrogens is 444 g/mol. The van der Waals surface area contributed by atoms with Crippen molar-refractivity contribution >= 4 is 11.6 Å². The third-order valence-corrected chi connectivity index (χ3v) is 6.96. The van der Waals surface area contributed by atoms with Crippen LogP contribution in [-0.2, 0) is 16.0 Å². The number of carbonyl (C=O) groups excluding carboxylic acids is 2. The number of aryl methyl sites for hydroxylation is 1. The van der Waals surface area contributed by atoms with E-state index in [0.29, 0.717) is 25.0 Å². The number of hydrogen-bond acceptors (Lipinski definition) is 6. The maximum Gasteiger partial charge on any atom is 0.140 e. The molecule has 35 heavy (non-hydrogen) atoms. The molecule has 0 unspecified atom stereocenters. The van der Waals surface area contributed by atoms with Crippen LogP contribution in [0.4, 0.5) is 0 Å². The van der Waals surface area contributed by atoms with Crippen LogP contribution in [0, 0.1) is 5.92 Å². The molecule has 0 aromatic heterocycles. The van der Waals surface area contributed by atoms with Crippen LogP contribution in [0.5, 0.6) is 11.5 Å². The van der Waals surface area contributed by atoms with Crippen LogP contribution < -0.4 is 9.47 Å². The lowest BCUT2D eigenvalue weighted by Crippen LogP contribution is -2.41. The first-order chi connectivity index (χ1) is 16.7. The molecular formula is C29H34O6. The molecule has 6 heteroatoms. The Balaban J connectivity index is 1.48. The molecule has 6 nitrogen and oxygen atoms in total. The van der Waals surface area contributed by atoms with Gasteiger partial charge in [-0.3, -0.25) is 9.59 Å².